The molecule has 0 bridgehead atoms. The van der Waals surface area contributed by atoms with Crippen molar-refractivity contribution in [3.05, 3.63) is 35.4 Å². The molecule has 1 N–H and O–H groups in total. The first-order valence-corrected chi connectivity index (χ1v) is 5.03. The normalized spacial score (nSPS) is 25.4. The fourth-order valence-electron chi connectivity index (χ4n) is 1.91. The summed E-state index contributed by atoms with van der Waals surface area (Å²) in [5.41, 5.74) is 1.54. The maximum atomic E-state index is 10.7. The van der Waals surface area contributed by atoms with Crippen LogP contribution in [0.3, 0.4) is 0 Å². The summed E-state index contributed by atoms with van der Waals surface area (Å²) in [4.78, 5) is 10.7. The van der Waals surface area contributed by atoms with Crippen molar-refractivity contribution in [1.29, 1.82) is 0 Å². The number of carboxylic acid groups (broad SMARTS) is 1. The van der Waals surface area contributed by atoms with Crippen LogP contribution >= 0.6 is 0 Å². The van der Waals surface area contributed by atoms with Crippen LogP contribution in [-0.2, 0) is 10.2 Å². The number of hydrogen-bond acceptors (Lipinski definition) is 2. The molecule has 0 aliphatic carbocycles. The molecule has 1 fully saturated rings. The Morgan fingerprint density at radius 2 is 2.07 bits per heavy atom. The molecule has 3 heteroatoms. The number of aromatic carboxylic acids is 1. The van der Waals surface area contributed by atoms with Gasteiger partial charge in [-0.1, -0.05) is 19.1 Å². The zero-order valence-corrected chi connectivity index (χ0v) is 8.69. The van der Waals surface area contributed by atoms with Gasteiger partial charge in [-0.15, -0.1) is 0 Å². The molecule has 1 atom stereocenters. The van der Waals surface area contributed by atoms with Crippen LogP contribution in [-0.4, -0.2) is 24.3 Å². The van der Waals surface area contributed by atoms with E-state index in [-0.39, 0.29) is 5.41 Å². The SMILES string of the molecule is CC1(c2ccc(C(=O)O)cc2)CCOC1. The van der Waals surface area contributed by atoms with Crippen molar-refractivity contribution in [2.75, 3.05) is 13.2 Å². The van der Waals surface area contributed by atoms with Crippen molar-refractivity contribution in [1.82, 2.24) is 0 Å². The fourth-order valence-corrected chi connectivity index (χ4v) is 1.91. The highest BCUT2D eigenvalue weighted by atomic mass is 16.5. The van der Waals surface area contributed by atoms with Crippen molar-refractivity contribution in [2.24, 2.45) is 0 Å². The average molecular weight is 206 g/mol. The minimum absolute atomic E-state index is 0.0526. The highest BCUT2D eigenvalue weighted by Crippen LogP contribution is 2.32. The molecule has 0 saturated carbocycles. The Labute approximate surface area is 88.7 Å². The Morgan fingerprint density at radius 1 is 1.40 bits per heavy atom. The minimum Gasteiger partial charge on any atom is -0.478 e. The first-order chi connectivity index (χ1) is 7.12. The van der Waals surface area contributed by atoms with Gasteiger partial charge in [0, 0.05) is 12.0 Å². The number of rotatable bonds is 2. The molecule has 1 aliphatic heterocycles. The molecule has 1 aromatic carbocycles. The quantitative estimate of drug-likeness (QED) is 0.805. The largest absolute Gasteiger partial charge is 0.478 e. The molecule has 1 heterocycles. The van der Waals surface area contributed by atoms with Crippen LogP contribution in [0.1, 0.15) is 29.3 Å². The molecule has 1 unspecified atom stereocenters. The van der Waals surface area contributed by atoms with Crippen LogP contribution in [0.4, 0.5) is 0 Å². The molecule has 0 aromatic heterocycles. The molecule has 2 rings (SSSR count). The van der Waals surface area contributed by atoms with Crippen LogP contribution in [0.2, 0.25) is 0 Å². The summed E-state index contributed by atoms with van der Waals surface area (Å²) < 4.78 is 5.38. The third-order valence-corrected chi connectivity index (χ3v) is 3.05. The van der Waals surface area contributed by atoms with E-state index in [1.165, 1.54) is 0 Å². The smallest absolute Gasteiger partial charge is 0.335 e. The predicted molar refractivity (Wildman–Crippen MR) is 56.2 cm³/mol. The molecular formula is C12H14O3. The molecular weight excluding hydrogens is 192 g/mol. The lowest BCUT2D eigenvalue weighted by Crippen LogP contribution is -2.21. The molecule has 1 aromatic rings. The summed E-state index contributed by atoms with van der Waals surface area (Å²) in [5, 5.41) is 8.78. The summed E-state index contributed by atoms with van der Waals surface area (Å²) in [5.74, 6) is -0.880. The lowest BCUT2D eigenvalue weighted by molar-refractivity contribution is 0.0697. The average Bonchev–Trinajstić information content (AvgIpc) is 2.67. The van der Waals surface area contributed by atoms with Gasteiger partial charge in [0.05, 0.1) is 12.2 Å². The third-order valence-electron chi connectivity index (χ3n) is 3.05. The van der Waals surface area contributed by atoms with E-state index >= 15 is 0 Å². The highest BCUT2D eigenvalue weighted by Gasteiger charge is 2.31. The molecule has 0 spiro atoms. The molecule has 15 heavy (non-hydrogen) atoms. The second kappa shape index (κ2) is 3.66. The maximum Gasteiger partial charge on any atom is 0.335 e. The van der Waals surface area contributed by atoms with Gasteiger partial charge >= 0.3 is 5.97 Å². The van der Waals surface area contributed by atoms with Gasteiger partial charge in [-0.2, -0.15) is 0 Å². The Balaban J connectivity index is 2.26. The molecule has 3 nitrogen and oxygen atoms in total. The predicted octanol–water partition coefficient (Wildman–Crippen LogP) is 2.06. The van der Waals surface area contributed by atoms with Crippen LogP contribution in [0.25, 0.3) is 0 Å². The Bertz CT molecular complexity index is 361. The maximum absolute atomic E-state index is 10.7. The number of hydrogen-bond donors (Lipinski definition) is 1. The van der Waals surface area contributed by atoms with Gasteiger partial charge in [0.2, 0.25) is 0 Å². The first kappa shape index (κ1) is 10.2. The van der Waals surface area contributed by atoms with Gasteiger partial charge in [0.25, 0.3) is 0 Å². The lowest BCUT2D eigenvalue weighted by Gasteiger charge is -2.22. The molecule has 0 radical (unpaired) electrons. The van der Waals surface area contributed by atoms with Crippen molar-refractivity contribution in [3.63, 3.8) is 0 Å². The third kappa shape index (κ3) is 1.88. The fraction of sp³-hybridized carbons (Fsp3) is 0.417. The van der Waals surface area contributed by atoms with Crippen molar-refractivity contribution < 1.29 is 14.6 Å². The van der Waals surface area contributed by atoms with E-state index in [9.17, 15) is 4.79 Å². The van der Waals surface area contributed by atoms with Crippen LogP contribution < -0.4 is 0 Å². The number of benzene rings is 1. The van der Waals surface area contributed by atoms with Crippen molar-refractivity contribution in [3.8, 4) is 0 Å². The first-order valence-electron chi connectivity index (χ1n) is 5.03. The van der Waals surface area contributed by atoms with E-state index in [1.807, 2.05) is 12.1 Å². The van der Waals surface area contributed by atoms with E-state index in [4.69, 9.17) is 9.84 Å². The molecule has 1 saturated heterocycles. The van der Waals surface area contributed by atoms with Crippen molar-refractivity contribution >= 4 is 5.97 Å². The summed E-state index contributed by atoms with van der Waals surface area (Å²) in [6.45, 7) is 3.66. The number of ether oxygens (including phenoxy) is 1. The second-order valence-electron chi connectivity index (χ2n) is 4.25. The standard InChI is InChI=1S/C12H14O3/c1-12(6-7-15-8-12)10-4-2-9(3-5-10)11(13)14/h2-5H,6-8H2,1H3,(H,13,14). The van der Waals surface area contributed by atoms with Crippen molar-refractivity contribution in [2.45, 2.75) is 18.8 Å². The molecule has 1 aliphatic rings. The van der Waals surface area contributed by atoms with Gasteiger partial charge in [-0.25, -0.2) is 4.79 Å². The van der Waals surface area contributed by atoms with Gasteiger partial charge in [0.1, 0.15) is 0 Å². The summed E-state index contributed by atoms with van der Waals surface area (Å²) in [6, 6.07) is 7.08. The topological polar surface area (TPSA) is 46.5 Å². The number of carboxylic acids is 1. The monoisotopic (exact) mass is 206 g/mol. The summed E-state index contributed by atoms with van der Waals surface area (Å²) in [6.07, 6.45) is 0.999. The van der Waals surface area contributed by atoms with Gasteiger partial charge < -0.3 is 9.84 Å². The minimum atomic E-state index is -0.880. The molecule has 80 valence electrons. The van der Waals surface area contributed by atoms with Crippen LogP contribution in [0, 0.1) is 0 Å². The Kier molecular flexibility index (Phi) is 2.49. The molecule has 0 amide bonds. The highest BCUT2D eigenvalue weighted by molar-refractivity contribution is 5.87. The zero-order valence-electron chi connectivity index (χ0n) is 8.69. The van der Waals surface area contributed by atoms with Gasteiger partial charge in [-0.3, -0.25) is 0 Å². The Hall–Kier alpha value is -1.35. The summed E-state index contributed by atoms with van der Waals surface area (Å²) >= 11 is 0. The van der Waals surface area contributed by atoms with E-state index in [0.717, 1.165) is 25.2 Å². The van der Waals surface area contributed by atoms with E-state index in [2.05, 4.69) is 6.92 Å². The van der Waals surface area contributed by atoms with E-state index < -0.39 is 5.97 Å². The van der Waals surface area contributed by atoms with Crippen LogP contribution in [0.5, 0.6) is 0 Å². The van der Waals surface area contributed by atoms with E-state index in [1.54, 1.807) is 12.1 Å². The zero-order chi connectivity index (χ0) is 10.9. The second-order valence-corrected chi connectivity index (χ2v) is 4.25. The van der Waals surface area contributed by atoms with Gasteiger partial charge in [-0.05, 0) is 24.1 Å². The lowest BCUT2D eigenvalue weighted by atomic mass is 9.82. The van der Waals surface area contributed by atoms with Gasteiger partial charge in [0.15, 0.2) is 0 Å². The summed E-state index contributed by atoms with van der Waals surface area (Å²) in [7, 11) is 0. The van der Waals surface area contributed by atoms with Crippen LogP contribution in [0.15, 0.2) is 24.3 Å². The van der Waals surface area contributed by atoms with E-state index in [0.29, 0.717) is 5.56 Å². The Morgan fingerprint density at radius 3 is 2.53 bits per heavy atom. The number of carbonyl (C=O) groups is 1.